The van der Waals surface area contributed by atoms with Gasteiger partial charge in [0.2, 0.25) is 0 Å². The summed E-state index contributed by atoms with van der Waals surface area (Å²) < 4.78 is 11.2. The predicted molar refractivity (Wildman–Crippen MR) is 83.1 cm³/mol. The number of ether oxygens (including phenoxy) is 1. The molecule has 1 aromatic carbocycles. The summed E-state index contributed by atoms with van der Waals surface area (Å²) in [6.45, 7) is 4.51. The van der Waals surface area contributed by atoms with Gasteiger partial charge in [-0.1, -0.05) is 44.2 Å². The number of benzene rings is 1. The summed E-state index contributed by atoms with van der Waals surface area (Å²) in [5.41, 5.74) is 1.36. The molecule has 1 aliphatic carbocycles. The van der Waals surface area contributed by atoms with Crippen LogP contribution in [0.15, 0.2) is 53.1 Å². The summed E-state index contributed by atoms with van der Waals surface area (Å²) in [5.74, 6) is 0.956. The summed E-state index contributed by atoms with van der Waals surface area (Å²) in [4.78, 5) is 0. The number of hydrogen-bond acceptors (Lipinski definition) is 3. The van der Waals surface area contributed by atoms with Crippen molar-refractivity contribution < 1.29 is 9.15 Å². The van der Waals surface area contributed by atoms with Crippen molar-refractivity contribution in [2.24, 2.45) is 5.41 Å². The van der Waals surface area contributed by atoms with Crippen LogP contribution in [0.25, 0.3) is 0 Å². The first-order valence-electron chi connectivity index (χ1n) is 7.50. The van der Waals surface area contributed by atoms with Crippen LogP contribution in [0, 0.1) is 5.41 Å². The van der Waals surface area contributed by atoms with Crippen molar-refractivity contribution in [2.75, 3.05) is 7.11 Å². The van der Waals surface area contributed by atoms with Gasteiger partial charge in [-0.25, -0.2) is 0 Å². The fourth-order valence-corrected chi connectivity index (χ4v) is 3.21. The van der Waals surface area contributed by atoms with Gasteiger partial charge in [-0.05, 0) is 24.1 Å². The molecule has 0 bridgehead atoms. The van der Waals surface area contributed by atoms with Gasteiger partial charge in [0.1, 0.15) is 5.76 Å². The van der Waals surface area contributed by atoms with Gasteiger partial charge in [-0.2, -0.15) is 0 Å². The van der Waals surface area contributed by atoms with E-state index in [-0.39, 0.29) is 11.5 Å². The maximum Gasteiger partial charge on any atom is 0.125 e. The molecule has 0 saturated heterocycles. The van der Waals surface area contributed by atoms with Crippen molar-refractivity contribution in [2.45, 2.75) is 38.5 Å². The summed E-state index contributed by atoms with van der Waals surface area (Å²) in [6.07, 6.45) is 3.09. The van der Waals surface area contributed by atoms with Gasteiger partial charge >= 0.3 is 0 Å². The third-order valence-corrected chi connectivity index (χ3v) is 4.79. The van der Waals surface area contributed by atoms with Crippen LogP contribution < -0.4 is 5.32 Å². The number of furan rings is 1. The van der Waals surface area contributed by atoms with E-state index in [2.05, 4.69) is 43.4 Å². The van der Waals surface area contributed by atoms with Crippen molar-refractivity contribution in [1.82, 2.24) is 5.32 Å². The topological polar surface area (TPSA) is 34.4 Å². The molecule has 1 N–H and O–H groups in total. The zero-order chi connectivity index (χ0) is 14.9. The molecule has 0 spiro atoms. The van der Waals surface area contributed by atoms with Crippen LogP contribution in [-0.4, -0.2) is 19.3 Å². The van der Waals surface area contributed by atoms with Gasteiger partial charge in [0.15, 0.2) is 0 Å². The highest BCUT2D eigenvalue weighted by atomic mass is 16.5. The molecule has 1 saturated carbocycles. The van der Waals surface area contributed by atoms with Crippen molar-refractivity contribution in [3.05, 3.63) is 60.1 Å². The maximum absolute atomic E-state index is 5.65. The van der Waals surface area contributed by atoms with Gasteiger partial charge in [-0.15, -0.1) is 0 Å². The predicted octanol–water partition coefficient (Wildman–Crippen LogP) is 3.77. The van der Waals surface area contributed by atoms with E-state index in [4.69, 9.17) is 9.15 Å². The number of hydrogen-bond donors (Lipinski definition) is 1. The molecule has 1 aromatic heterocycles. The van der Waals surface area contributed by atoms with E-state index >= 15 is 0 Å². The molecule has 3 heteroatoms. The SMILES string of the molecule is COC1CC(NC(c2ccccc2)c2ccco2)C1(C)C. The Balaban J connectivity index is 1.82. The fourth-order valence-electron chi connectivity index (χ4n) is 3.21. The van der Waals surface area contributed by atoms with E-state index in [0.29, 0.717) is 12.1 Å². The van der Waals surface area contributed by atoms with Crippen molar-refractivity contribution in [3.63, 3.8) is 0 Å². The second-order valence-corrected chi connectivity index (χ2v) is 6.36. The normalized spacial score (nSPS) is 25.3. The second-order valence-electron chi connectivity index (χ2n) is 6.36. The molecule has 112 valence electrons. The Morgan fingerprint density at radius 1 is 1.19 bits per heavy atom. The van der Waals surface area contributed by atoms with Crippen LogP contribution in [0.1, 0.15) is 37.6 Å². The average molecular weight is 285 g/mol. The lowest BCUT2D eigenvalue weighted by atomic mass is 9.64. The fraction of sp³-hybridized carbons (Fsp3) is 0.444. The Morgan fingerprint density at radius 3 is 2.52 bits per heavy atom. The minimum absolute atomic E-state index is 0.0864. The van der Waals surface area contributed by atoms with Crippen LogP contribution in [0.2, 0.25) is 0 Å². The molecule has 3 nitrogen and oxygen atoms in total. The van der Waals surface area contributed by atoms with Gasteiger partial charge < -0.3 is 14.5 Å². The molecule has 21 heavy (non-hydrogen) atoms. The Bertz CT molecular complexity index is 562. The first-order valence-corrected chi connectivity index (χ1v) is 7.50. The van der Waals surface area contributed by atoms with Gasteiger partial charge in [0.25, 0.3) is 0 Å². The molecule has 2 aromatic rings. The van der Waals surface area contributed by atoms with Crippen molar-refractivity contribution >= 4 is 0 Å². The van der Waals surface area contributed by atoms with E-state index in [9.17, 15) is 0 Å². The minimum atomic E-state index is 0.0864. The lowest BCUT2D eigenvalue weighted by Crippen LogP contribution is -2.61. The highest BCUT2D eigenvalue weighted by molar-refractivity contribution is 5.27. The molecule has 1 aliphatic rings. The quantitative estimate of drug-likeness (QED) is 0.908. The van der Waals surface area contributed by atoms with Crippen LogP contribution in [0.5, 0.6) is 0 Å². The highest BCUT2D eigenvalue weighted by Crippen LogP contribution is 2.44. The van der Waals surface area contributed by atoms with Crippen molar-refractivity contribution in [1.29, 1.82) is 0 Å². The van der Waals surface area contributed by atoms with E-state index in [1.54, 1.807) is 13.4 Å². The number of methoxy groups -OCH3 is 1. The zero-order valence-corrected chi connectivity index (χ0v) is 12.9. The third-order valence-electron chi connectivity index (χ3n) is 4.79. The Kier molecular flexibility index (Phi) is 3.87. The standard InChI is InChI=1S/C18H23NO2/c1-18(2)15(12-16(18)20-3)19-17(14-10-7-11-21-14)13-8-5-4-6-9-13/h4-11,15-17,19H,12H2,1-3H3. The minimum Gasteiger partial charge on any atom is -0.467 e. The van der Waals surface area contributed by atoms with Crippen LogP contribution in [0.4, 0.5) is 0 Å². The molecular weight excluding hydrogens is 262 g/mol. The first kappa shape index (κ1) is 14.4. The molecule has 3 unspecified atom stereocenters. The van der Waals surface area contributed by atoms with E-state index in [1.165, 1.54) is 5.56 Å². The van der Waals surface area contributed by atoms with Gasteiger partial charge in [-0.3, -0.25) is 0 Å². The van der Waals surface area contributed by atoms with Crippen molar-refractivity contribution in [3.8, 4) is 0 Å². The number of nitrogens with one attached hydrogen (secondary N) is 1. The molecule has 1 heterocycles. The lowest BCUT2D eigenvalue weighted by Gasteiger charge is -2.52. The highest BCUT2D eigenvalue weighted by Gasteiger charge is 2.49. The van der Waals surface area contributed by atoms with E-state index in [0.717, 1.165) is 12.2 Å². The molecule has 3 rings (SSSR count). The van der Waals surface area contributed by atoms with Crippen LogP contribution in [-0.2, 0) is 4.74 Å². The van der Waals surface area contributed by atoms with Crippen LogP contribution in [0.3, 0.4) is 0 Å². The van der Waals surface area contributed by atoms with E-state index < -0.39 is 0 Å². The molecule has 0 amide bonds. The van der Waals surface area contributed by atoms with Crippen LogP contribution >= 0.6 is 0 Å². The Labute approximate surface area is 126 Å². The lowest BCUT2D eigenvalue weighted by molar-refractivity contribution is -0.0997. The Morgan fingerprint density at radius 2 is 1.95 bits per heavy atom. The summed E-state index contributed by atoms with van der Waals surface area (Å²) in [7, 11) is 1.80. The molecular formula is C18H23NO2. The first-order chi connectivity index (χ1) is 10.1. The maximum atomic E-state index is 5.65. The zero-order valence-electron chi connectivity index (χ0n) is 12.9. The molecule has 0 aliphatic heterocycles. The average Bonchev–Trinajstić information content (AvgIpc) is 3.01. The molecule has 1 fully saturated rings. The summed E-state index contributed by atoms with van der Waals surface area (Å²) >= 11 is 0. The largest absolute Gasteiger partial charge is 0.467 e. The van der Waals surface area contributed by atoms with Gasteiger partial charge in [0.05, 0.1) is 18.4 Å². The number of rotatable bonds is 5. The third kappa shape index (κ3) is 2.63. The van der Waals surface area contributed by atoms with Gasteiger partial charge in [0, 0.05) is 18.6 Å². The summed E-state index contributed by atoms with van der Waals surface area (Å²) in [6, 6.07) is 14.9. The molecule has 0 radical (unpaired) electrons. The summed E-state index contributed by atoms with van der Waals surface area (Å²) in [5, 5.41) is 3.75. The monoisotopic (exact) mass is 285 g/mol. The smallest absolute Gasteiger partial charge is 0.125 e. The second kappa shape index (κ2) is 5.66. The Hall–Kier alpha value is -1.58. The molecule has 3 atom stereocenters. The van der Waals surface area contributed by atoms with E-state index in [1.807, 2.05) is 18.2 Å².